The fourth-order valence-electron chi connectivity index (χ4n) is 1.23. The van der Waals surface area contributed by atoms with Gasteiger partial charge in [0.2, 0.25) is 0 Å². The fourth-order valence-corrected chi connectivity index (χ4v) is 1.72. The lowest BCUT2D eigenvalue weighted by Gasteiger charge is -2.04. The maximum Gasteiger partial charge on any atom is 0.251 e. The Balaban J connectivity index is 2.24. The summed E-state index contributed by atoms with van der Waals surface area (Å²) < 4.78 is 0.994. The highest BCUT2D eigenvalue weighted by atomic mass is 32.2. The summed E-state index contributed by atoms with van der Waals surface area (Å²) in [4.78, 5) is 11.6. The van der Waals surface area contributed by atoms with Crippen LogP contribution >= 0.6 is 24.0 Å². The number of carbonyl (C=O) groups is 1. The van der Waals surface area contributed by atoms with Crippen molar-refractivity contribution in [1.82, 2.24) is 5.32 Å². The molecule has 1 amide bonds. The molecule has 0 atom stereocenters. The van der Waals surface area contributed by atoms with Crippen LogP contribution in [0.3, 0.4) is 0 Å². The summed E-state index contributed by atoms with van der Waals surface area (Å²) in [6.07, 6.45) is 3.76. The molecule has 0 aliphatic heterocycles. The van der Waals surface area contributed by atoms with E-state index in [1.807, 2.05) is 36.6 Å². The predicted molar refractivity (Wildman–Crippen MR) is 74.1 cm³/mol. The molecule has 0 radical (unpaired) electrons. The van der Waals surface area contributed by atoms with E-state index in [0.29, 0.717) is 12.1 Å². The quantitative estimate of drug-likeness (QED) is 0.646. The molecule has 86 valence electrons. The molecule has 1 N–H and O–H groups in total. The average molecular weight is 253 g/mol. The zero-order valence-corrected chi connectivity index (χ0v) is 10.9. The molecule has 0 fully saturated rings. The molecular weight excluding hydrogens is 238 g/mol. The minimum atomic E-state index is -0.0179. The van der Waals surface area contributed by atoms with E-state index in [2.05, 4.69) is 5.32 Å². The van der Waals surface area contributed by atoms with Gasteiger partial charge >= 0.3 is 0 Å². The Morgan fingerprint density at radius 3 is 2.69 bits per heavy atom. The van der Waals surface area contributed by atoms with Crippen molar-refractivity contribution < 1.29 is 4.79 Å². The first-order valence-electron chi connectivity index (χ1n) is 5.14. The smallest absolute Gasteiger partial charge is 0.251 e. The van der Waals surface area contributed by atoms with Crippen LogP contribution in [-0.4, -0.2) is 22.9 Å². The van der Waals surface area contributed by atoms with Crippen LogP contribution < -0.4 is 5.32 Å². The van der Waals surface area contributed by atoms with Gasteiger partial charge in [-0.3, -0.25) is 4.79 Å². The van der Waals surface area contributed by atoms with Crippen molar-refractivity contribution in [1.29, 1.82) is 0 Å². The number of nitrogens with one attached hydrogen (secondary N) is 1. The Morgan fingerprint density at radius 1 is 1.38 bits per heavy atom. The number of carbonyl (C=O) groups excluding carboxylic acids is 1. The zero-order chi connectivity index (χ0) is 11.8. The number of benzene rings is 1. The minimum Gasteiger partial charge on any atom is -0.352 e. The molecule has 0 aliphatic carbocycles. The molecule has 0 saturated heterocycles. The summed E-state index contributed by atoms with van der Waals surface area (Å²) >= 11 is 6.68. The van der Waals surface area contributed by atoms with E-state index >= 15 is 0 Å². The van der Waals surface area contributed by atoms with E-state index in [9.17, 15) is 4.79 Å². The highest BCUT2D eigenvalue weighted by Gasteiger charge is 2.02. The van der Waals surface area contributed by atoms with E-state index in [4.69, 9.17) is 12.2 Å². The maximum absolute atomic E-state index is 11.6. The number of hydrogen-bond acceptors (Lipinski definition) is 3. The monoisotopic (exact) mass is 253 g/mol. The lowest BCUT2D eigenvalue weighted by Crippen LogP contribution is -2.24. The Labute approximate surface area is 106 Å². The van der Waals surface area contributed by atoms with Gasteiger partial charge in [-0.15, -0.1) is 11.8 Å². The molecule has 2 nitrogen and oxygen atoms in total. The summed E-state index contributed by atoms with van der Waals surface area (Å²) in [5.74, 6) is -0.0179. The minimum absolute atomic E-state index is 0.0179. The Morgan fingerprint density at radius 2 is 2.06 bits per heavy atom. The first-order chi connectivity index (χ1) is 7.74. The highest BCUT2D eigenvalue weighted by molar-refractivity contribution is 8.22. The van der Waals surface area contributed by atoms with Gasteiger partial charge in [-0.2, -0.15) is 0 Å². The van der Waals surface area contributed by atoms with Crippen LogP contribution in [-0.2, 0) is 0 Å². The maximum atomic E-state index is 11.6. The van der Waals surface area contributed by atoms with E-state index < -0.39 is 0 Å². The van der Waals surface area contributed by atoms with Gasteiger partial charge in [-0.05, 0) is 31.2 Å². The molecule has 1 aromatic carbocycles. The molecule has 0 unspecified atom stereocenters. The van der Waals surface area contributed by atoms with Gasteiger partial charge in [0.15, 0.2) is 0 Å². The molecule has 0 saturated carbocycles. The van der Waals surface area contributed by atoms with Gasteiger partial charge in [0.1, 0.15) is 0 Å². The van der Waals surface area contributed by atoms with Gasteiger partial charge in [0.05, 0.1) is 0 Å². The molecule has 0 bridgehead atoms. The van der Waals surface area contributed by atoms with Crippen molar-refractivity contribution in [3.63, 3.8) is 0 Å². The molecule has 0 aliphatic rings. The predicted octanol–water partition coefficient (Wildman–Crippen LogP) is 2.89. The van der Waals surface area contributed by atoms with Crippen molar-refractivity contribution in [3.05, 3.63) is 35.9 Å². The van der Waals surface area contributed by atoms with Gasteiger partial charge in [0, 0.05) is 16.3 Å². The lowest BCUT2D eigenvalue weighted by atomic mass is 10.2. The molecular formula is C12H15NOS2. The van der Waals surface area contributed by atoms with Crippen LogP contribution in [0.5, 0.6) is 0 Å². The molecule has 1 rings (SSSR count). The van der Waals surface area contributed by atoms with Crippen molar-refractivity contribution in [3.8, 4) is 0 Å². The van der Waals surface area contributed by atoms with Crippen molar-refractivity contribution in [2.45, 2.75) is 12.8 Å². The number of thiocarbonyl (C=S) groups is 1. The summed E-state index contributed by atoms with van der Waals surface area (Å²) in [6, 6.07) is 9.23. The van der Waals surface area contributed by atoms with Crippen LogP contribution in [0.2, 0.25) is 0 Å². The van der Waals surface area contributed by atoms with Gasteiger partial charge in [-0.1, -0.05) is 30.4 Å². The van der Waals surface area contributed by atoms with Gasteiger partial charge in [-0.25, -0.2) is 0 Å². The second kappa shape index (κ2) is 7.41. The summed E-state index contributed by atoms with van der Waals surface area (Å²) in [7, 11) is 0. The summed E-state index contributed by atoms with van der Waals surface area (Å²) in [6.45, 7) is 0.675. The molecule has 16 heavy (non-hydrogen) atoms. The zero-order valence-electron chi connectivity index (χ0n) is 9.23. The average Bonchev–Trinajstić information content (AvgIpc) is 2.35. The number of rotatable bonds is 5. The molecule has 4 heteroatoms. The Hall–Kier alpha value is -0.870. The normalized spacial score (nSPS) is 9.81. The second-order valence-electron chi connectivity index (χ2n) is 3.30. The van der Waals surface area contributed by atoms with Crippen LogP contribution in [0.4, 0.5) is 0 Å². The first kappa shape index (κ1) is 13.2. The Kier molecular flexibility index (Phi) is 6.11. The standard InChI is InChI=1S/C12H15NOS2/c1-16-11(15)8-5-9-13-12(14)10-6-3-2-4-7-10/h2-4,6-7H,5,8-9H2,1H3,(H,13,14). The number of amides is 1. The van der Waals surface area contributed by atoms with Crippen molar-refractivity contribution >= 4 is 34.1 Å². The van der Waals surface area contributed by atoms with E-state index in [1.54, 1.807) is 11.8 Å². The fraction of sp³-hybridized carbons (Fsp3) is 0.333. The van der Waals surface area contributed by atoms with Gasteiger partial charge < -0.3 is 5.32 Å². The third-order valence-corrected chi connectivity index (χ3v) is 3.47. The highest BCUT2D eigenvalue weighted by Crippen LogP contribution is 2.05. The molecule has 0 spiro atoms. The number of hydrogen-bond donors (Lipinski definition) is 1. The first-order valence-corrected chi connectivity index (χ1v) is 6.77. The third kappa shape index (κ3) is 4.77. The van der Waals surface area contributed by atoms with Crippen LogP contribution in [0, 0.1) is 0 Å². The molecule has 0 aromatic heterocycles. The van der Waals surface area contributed by atoms with Crippen molar-refractivity contribution in [2.75, 3.05) is 12.8 Å². The topological polar surface area (TPSA) is 29.1 Å². The number of thioether (sulfide) groups is 1. The molecule has 0 heterocycles. The molecule has 1 aromatic rings. The largest absolute Gasteiger partial charge is 0.352 e. The summed E-state index contributed by atoms with van der Waals surface area (Å²) in [5, 5.41) is 2.87. The second-order valence-corrected chi connectivity index (χ2v) is 4.95. The van der Waals surface area contributed by atoms with Crippen LogP contribution in [0.1, 0.15) is 23.2 Å². The van der Waals surface area contributed by atoms with Crippen LogP contribution in [0.25, 0.3) is 0 Å². The van der Waals surface area contributed by atoms with E-state index in [-0.39, 0.29) is 5.91 Å². The lowest BCUT2D eigenvalue weighted by molar-refractivity contribution is 0.0953. The van der Waals surface area contributed by atoms with E-state index in [1.165, 1.54) is 0 Å². The van der Waals surface area contributed by atoms with Crippen LogP contribution in [0.15, 0.2) is 30.3 Å². The summed E-state index contributed by atoms with van der Waals surface area (Å²) in [5.41, 5.74) is 0.704. The SMILES string of the molecule is CSC(=S)CCCNC(=O)c1ccccc1. The van der Waals surface area contributed by atoms with Gasteiger partial charge in [0.25, 0.3) is 5.91 Å². The van der Waals surface area contributed by atoms with Crippen molar-refractivity contribution in [2.24, 2.45) is 0 Å². The Bertz CT molecular complexity index is 351. The van der Waals surface area contributed by atoms with E-state index in [0.717, 1.165) is 17.0 Å². The third-order valence-electron chi connectivity index (χ3n) is 2.11.